The highest BCUT2D eigenvalue weighted by Crippen LogP contribution is 2.24. The van der Waals surface area contributed by atoms with E-state index in [1.165, 1.54) is 18.2 Å². The van der Waals surface area contributed by atoms with Crippen LogP contribution in [-0.2, 0) is 4.79 Å². The molecule has 0 atom stereocenters. The van der Waals surface area contributed by atoms with Crippen molar-refractivity contribution in [2.45, 2.75) is 0 Å². The molecular formula is C14H9N5O4S. The molecule has 0 bridgehead atoms. The second-order valence-corrected chi connectivity index (χ2v) is 5.48. The van der Waals surface area contributed by atoms with E-state index >= 15 is 0 Å². The summed E-state index contributed by atoms with van der Waals surface area (Å²) in [6, 6.07) is 8.08. The molecular weight excluding hydrogens is 334 g/mol. The first kappa shape index (κ1) is 15.5. The van der Waals surface area contributed by atoms with E-state index in [4.69, 9.17) is 4.42 Å². The summed E-state index contributed by atoms with van der Waals surface area (Å²) in [5.74, 6) is -0.314. The van der Waals surface area contributed by atoms with Crippen molar-refractivity contribution in [2.24, 2.45) is 0 Å². The van der Waals surface area contributed by atoms with Crippen LogP contribution in [0.4, 0.5) is 11.0 Å². The normalized spacial score (nSPS) is 10.8. The van der Waals surface area contributed by atoms with Crippen LogP contribution in [0, 0.1) is 10.1 Å². The Hall–Kier alpha value is -3.40. The van der Waals surface area contributed by atoms with Gasteiger partial charge in [0.1, 0.15) is 5.69 Å². The minimum Gasteiger partial charge on any atom is -0.401 e. The predicted octanol–water partition coefficient (Wildman–Crippen LogP) is 2.75. The molecule has 0 spiro atoms. The van der Waals surface area contributed by atoms with Gasteiger partial charge in [-0.25, -0.2) is 0 Å². The van der Waals surface area contributed by atoms with Crippen LogP contribution in [-0.4, -0.2) is 26.0 Å². The average Bonchev–Trinajstić information content (AvgIpc) is 3.23. The smallest absolute Gasteiger partial charge is 0.324 e. The zero-order valence-corrected chi connectivity index (χ0v) is 12.8. The largest absolute Gasteiger partial charge is 0.401 e. The number of carbonyl (C=O) groups is 1. The third-order valence-corrected chi connectivity index (χ3v) is 3.73. The third-order valence-electron chi connectivity index (χ3n) is 2.73. The molecule has 0 unspecified atom stereocenters. The first-order chi connectivity index (χ1) is 11.6. The zero-order valence-electron chi connectivity index (χ0n) is 11.9. The van der Waals surface area contributed by atoms with E-state index in [2.05, 4.69) is 20.5 Å². The lowest BCUT2D eigenvalue weighted by molar-refractivity contribution is -0.380. The molecule has 3 heterocycles. The van der Waals surface area contributed by atoms with E-state index in [9.17, 15) is 14.9 Å². The highest BCUT2D eigenvalue weighted by Gasteiger charge is 2.11. The van der Waals surface area contributed by atoms with Gasteiger partial charge < -0.3 is 4.42 Å². The number of hydrogen-bond donors (Lipinski definition) is 1. The van der Waals surface area contributed by atoms with Gasteiger partial charge in [-0.3, -0.25) is 25.2 Å². The summed E-state index contributed by atoms with van der Waals surface area (Å²) in [7, 11) is 0. The fraction of sp³-hybridized carbons (Fsp3) is 0. The number of thiophene rings is 1. The molecule has 3 aromatic rings. The van der Waals surface area contributed by atoms with E-state index in [1.54, 1.807) is 30.5 Å². The number of nitrogens with one attached hydrogen (secondary N) is 1. The maximum atomic E-state index is 11.8. The minimum atomic E-state index is -0.498. The van der Waals surface area contributed by atoms with Gasteiger partial charge in [-0.1, -0.05) is 22.5 Å². The standard InChI is InChI=1S/C14H9N5O4S/c20-11(6-4-9-5-7-12(24-9)19(21)22)16-14-18-17-13(23-14)10-3-1-2-8-15-10/h1-8H,(H,16,18,20). The number of nitro groups is 1. The average molecular weight is 343 g/mol. The second kappa shape index (κ2) is 6.79. The molecule has 9 nitrogen and oxygen atoms in total. The Bertz CT molecular complexity index is 903. The number of rotatable bonds is 5. The Kier molecular flexibility index (Phi) is 4.38. The van der Waals surface area contributed by atoms with E-state index in [1.807, 2.05) is 0 Å². The number of hydrogen-bond acceptors (Lipinski definition) is 8. The Labute approximate surface area is 138 Å². The molecule has 10 heteroatoms. The van der Waals surface area contributed by atoms with Crippen LogP contribution in [0.3, 0.4) is 0 Å². The number of anilines is 1. The summed E-state index contributed by atoms with van der Waals surface area (Å²) >= 11 is 0.965. The molecule has 0 radical (unpaired) electrons. The lowest BCUT2D eigenvalue weighted by Gasteiger charge is -1.94. The van der Waals surface area contributed by atoms with E-state index in [0.29, 0.717) is 10.6 Å². The summed E-state index contributed by atoms with van der Waals surface area (Å²) < 4.78 is 5.29. The molecule has 3 rings (SSSR count). The van der Waals surface area contributed by atoms with Gasteiger partial charge in [0.05, 0.1) is 4.92 Å². The minimum absolute atomic E-state index is 0.00645. The van der Waals surface area contributed by atoms with Crippen LogP contribution in [0.5, 0.6) is 0 Å². The van der Waals surface area contributed by atoms with Crippen molar-refractivity contribution in [3.8, 4) is 11.6 Å². The van der Waals surface area contributed by atoms with Crippen molar-refractivity contribution < 1.29 is 14.1 Å². The fourth-order valence-electron chi connectivity index (χ4n) is 1.70. The molecule has 0 aliphatic rings. The summed E-state index contributed by atoms with van der Waals surface area (Å²) in [4.78, 5) is 26.5. The molecule has 0 aliphatic carbocycles. The number of nitrogens with zero attached hydrogens (tertiary/aromatic N) is 4. The zero-order chi connectivity index (χ0) is 16.9. The molecule has 1 amide bonds. The Morgan fingerprint density at radius 2 is 2.17 bits per heavy atom. The van der Waals surface area contributed by atoms with E-state index in [-0.39, 0.29) is 16.9 Å². The van der Waals surface area contributed by atoms with Crippen molar-refractivity contribution in [2.75, 3.05) is 5.32 Å². The van der Waals surface area contributed by atoms with Gasteiger partial charge in [0.2, 0.25) is 0 Å². The van der Waals surface area contributed by atoms with E-state index in [0.717, 1.165) is 11.3 Å². The number of aromatic nitrogens is 3. The van der Waals surface area contributed by atoms with Crippen LogP contribution in [0.2, 0.25) is 0 Å². The van der Waals surface area contributed by atoms with Crippen LogP contribution in [0.15, 0.2) is 47.0 Å². The molecule has 120 valence electrons. The number of carbonyl (C=O) groups excluding carboxylic acids is 1. The summed E-state index contributed by atoms with van der Waals surface area (Å²) in [5, 5.41) is 20.5. The Morgan fingerprint density at radius 3 is 2.88 bits per heavy atom. The monoisotopic (exact) mass is 343 g/mol. The van der Waals surface area contributed by atoms with Gasteiger partial charge in [-0.2, -0.15) is 0 Å². The van der Waals surface area contributed by atoms with Gasteiger partial charge in [-0.15, -0.1) is 5.10 Å². The Balaban J connectivity index is 1.63. The SMILES string of the molecule is O=C(C=Cc1ccc([N+](=O)[O-])s1)Nc1nnc(-c2ccccn2)o1. The lowest BCUT2D eigenvalue weighted by atomic mass is 10.3. The van der Waals surface area contributed by atoms with E-state index < -0.39 is 10.8 Å². The number of amides is 1. The molecule has 0 fully saturated rings. The van der Waals surface area contributed by atoms with Gasteiger partial charge >= 0.3 is 11.0 Å². The topological polar surface area (TPSA) is 124 Å². The molecule has 0 aromatic carbocycles. The third kappa shape index (κ3) is 3.67. The highest BCUT2D eigenvalue weighted by molar-refractivity contribution is 7.16. The van der Waals surface area contributed by atoms with Gasteiger partial charge in [0.15, 0.2) is 0 Å². The maximum absolute atomic E-state index is 11.8. The molecule has 0 saturated heterocycles. The maximum Gasteiger partial charge on any atom is 0.324 e. The molecule has 24 heavy (non-hydrogen) atoms. The molecule has 3 aromatic heterocycles. The molecule has 0 saturated carbocycles. The summed E-state index contributed by atoms with van der Waals surface area (Å²) in [5.41, 5.74) is 0.493. The van der Waals surface area contributed by atoms with Gasteiger partial charge in [0.25, 0.3) is 11.8 Å². The van der Waals surface area contributed by atoms with Crippen molar-refractivity contribution in [1.82, 2.24) is 15.2 Å². The fourth-order valence-corrected chi connectivity index (χ4v) is 2.43. The van der Waals surface area contributed by atoms with Gasteiger partial charge in [-0.05, 0) is 24.3 Å². The summed E-state index contributed by atoms with van der Waals surface area (Å²) in [6.07, 6.45) is 4.27. The molecule has 0 aliphatic heterocycles. The van der Waals surface area contributed by atoms with Crippen LogP contribution < -0.4 is 5.32 Å². The second-order valence-electron chi connectivity index (χ2n) is 4.38. The highest BCUT2D eigenvalue weighted by atomic mass is 32.1. The first-order valence-electron chi connectivity index (χ1n) is 6.60. The van der Waals surface area contributed by atoms with Crippen LogP contribution >= 0.6 is 11.3 Å². The summed E-state index contributed by atoms with van der Waals surface area (Å²) in [6.45, 7) is 0. The van der Waals surface area contributed by atoms with Crippen molar-refractivity contribution in [3.63, 3.8) is 0 Å². The molecule has 1 N–H and O–H groups in total. The number of pyridine rings is 1. The van der Waals surface area contributed by atoms with Gasteiger partial charge in [0, 0.05) is 23.2 Å². The quantitative estimate of drug-likeness (QED) is 0.429. The Morgan fingerprint density at radius 1 is 1.29 bits per heavy atom. The first-order valence-corrected chi connectivity index (χ1v) is 7.41. The van der Waals surface area contributed by atoms with Crippen LogP contribution in [0.1, 0.15) is 4.88 Å². The van der Waals surface area contributed by atoms with Crippen molar-refractivity contribution >= 4 is 34.3 Å². The van der Waals surface area contributed by atoms with Crippen molar-refractivity contribution in [1.29, 1.82) is 0 Å². The lowest BCUT2D eigenvalue weighted by Crippen LogP contribution is -2.07. The van der Waals surface area contributed by atoms with Crippen LogP contribution in [0.25, 0.3) is 17.7 Å². The van der Waals surface area contributed by atoms with Crippen molar-refractivity contribution in [3.05, 3.63) is 57.6 Å². The predicted molar refractivity (Wildman–Crippen MR) is 86.2 cm³/mol.